The molecule has 0 spiro atoms. The number of aryl methyl sites for hydroxylation is 1. The van der Waals surface area contributed by atoms with E-state index in [4.69, 9.17) is 4.52 Å². The molecular formula is C20H19FN2O2. The average molecular weight is 338 g/mol. The number of fused-ring (bicyclic) bond motifs is 1. The van der Waals surface area contributed by atoms with Gasteiger partial charge >= 0.3 is 0 Å². The molecule has 0 saturated heterocycles. The van der Waals surface area contributed by atoms with Crippen molar-refractivity contribution in [3.63, 3.8) is 0 Å². The molecular weight excluding hydrogens is 319 g/mol. The standard InChI is InChI=1S/C20H19FN2O2/c1-13-6-9-15(10-17(13)21)23(12-14-7-8-14)20(24)11-18-16-4-2-3-5-19(16)25-22-18/h2-6,9-10,14H,7-8,11-12H2,1H3. The van der Waals surface area contributed by atoms with Gasteiger partial charge in [0.15, 0.2) is 5.58 Å². The van der Waals surface area contributed by atoms with E-state index in [-0.39, 0.29) is 18.1 Å². The molecule has 128 valence electrons. The highest BCUT2D eigenvalue weighted by molar-refractivity contribution is 5.96. The zero-order valence-electron chi connectivity index (χ0n) is 14.0. The summed E-state index contributed by atoms with van der Waals surface area (Å²) in [6.07, 6.45) is 2.37. The summed E-state index contributed by atoms with van der Waals surface area (Å²) in [6, 6.07) is 12.4. The van der Waals surface area contributed by atoms with Crippen molar-refractivity contribution in [1.29, 1.82) is 0 Å². The SMILES string of the molecule is Cc1ccc(N(CC2CC2)C(=O)Cc2noc3ccccc23)cc1F. The lowest BCUT2D eigenvalue weighted by atomic mass is 10.1. The maximum atomic E-state index is 14.0. The van der Waals surface area contributed by atoms with Crippen LogP contribution in [0.25, 0.3) is 11.0 Å². The Morgan fingerprint density at radius 1 is 1.28 bits per heavy atom. The van der Waals surface area contributed by atoms with Gasteiger partial charge in [0.1, 0.15) is 11.5 Å². The Bertz CT molecular complexity index is 930. The number of benzene rings is 2. The van der Waals surface area contributed by atoms with Crippen LogP contribution in [0.5, 0.6) is 0 Å². The second-order valence-corrected chi connectivity index (χ2v) is 6.68. The third-order valence-corrected chi connectivity index (χ3v) is 4.68. The molecule has 4 rings (SSSR count). The lowest BCUT2D eigenvalue weighted by Crippen LogP contribution is -2.34. The van der Waals surface area contributed by atoms with E-state index in [0.717, 1.165) is 18.2 Å². The van der Waals surface area contributed by atoms with Crippen LogP contribution in [0.3, 0.4) is 0 Å². The summed E-state index contributed by atoms with van der Waals surface area (Å²) in [5.74, 6) is 0.120. The van der Waals surface area contributed by atoms with Crippen molar-refractivity contribution in [1.82, 2.24) is 5.16 Å². The number of rotatable bonds is 5. The summed E-state index contributed by atoms with van der Waals surface area (Å²) in [4.78, 5) is 14.6. The molecule has 3 aromatic rings. The lowest BCUT2D eigenvalue weighted by molar-refractivity contribution is -0.118. The maximum Gasteiger partial charge on any atom is 0.233 e. The minimum Gasteiger partial charge on any atom is -0.356 e. The summed E-state index contributed by atoms with van der Waals surface area (Å²) >= 11 is 0. The number of halogens is 1. The van der Waals surface area contributed by atoms with E-state index in [1.165, 1.54) is 6.07 Å². The Morgan fingerprint density at radius 3 is 2.84 bits per heavy atom. The van der Waals surface area contributed by atoms with Gasteiger partial charge in [0.2, 0.25) is 5.91 Å². The normalized spacial score (nSPS) is 14.0. The smallest absolute Gasteiger partial charge is 0.233 e. The van der Waals surface area contributed by atoms with E-state index < -0.39 is 0 Å². The molecule has 5 heteroatoms. The zero-order chi connectivity index (χ0) is 17.4. The molecule has 1 aliphatic carbocycles. The fourth-order valence-electron chi connectivity index (χ4n) is 2.96. The molecule has 1 fully saturated rings. The van der Waals surface area contributed by atoms with Crippen molar-refractivity contribution in [3.05, 3.63) is 59.5 Å². The largest absolute Gasteiger partial charge is 0.356 e. The van der Waals surface area contributed by atoms with Crippen LogP contribution in [-0.2, 0) is 11.2 Å². The Balaban J connectivity index is 1.62. The molecule has 0 radical (unpaired) electrons. The first kappa shape index (κ1) is 15.8. The summed E-state index contributed by atoms with van der Waals surface area (Å²) in [5, 5.41) is 4.89. The van der Waals surface area contributed by atoms with Gasteiger partial charge in [-0.25, -0.2) is 4.39 Å². The van der Waals surface area contributed by atoms with E-state index >= 15 is 0 Å². The monoisotopic (exact) mass is 338 g/mol. The van der Waals surface area contributed by atoms with Crippen LogP contribution in [0, 0.1) is 18.7 Å². The Labute approximate surface area is 145 Å². The van der Waals surface area contributed by atoms with Crippen molar-refractivity contribution in [2.75, 3.05) is 11.4 Å². The fourth-order valence-corrected chi connectivity index (χ4v) is 2.96. The van der Waals surface area contributed by atoms with Crippen LogP contribution in [0.2, 0.25) is 0 Å². The van der Waals surface area contributed by atoms with Crippen LogP contribution in [0.1, 0.15) is 24.1 Å². The number of carbonyl (C=O) groups excluding carboxylic acids is 1. The summed E-state index contributed by atoms with van der Waals surface area (Å²) in [7, 11) is 0. The molecule has 0 bridgehead atoms. The van der Waals surface area contributed by atoms with Crippen LogP contribution in [-0.4, -0.2) is 17.6 Å². The predicted molar refractivity (Wildman–Crippen MR) is 93.9 cm³/mol. The van der Waals surface area contributed by atoms with E-state index in [1.54, 1.807) is 24.0 Å². The summed E-state index contributed by atoms with van der Waals surface area (Å²) in [5.41, 5.74) is 2.47. The van der Waals surface area contributed by atoms with Crippen LogP contribution >= 0.6 is 0 Å². The number of carbonyl (C=O) groups is 1. The predicted octanol–water partition coefficient (Wildman–Crippen LogP) is 4.26. The van der Waals surface area contributed by atoms with Crippen LogP contribution in [0.15, 0.2) is 47.0 Å². The molecule has 0 unspecified atom stereocenters. The molecule has 1 amide bonds. The van der Waals surface area contributed by atoms with Crippen molar-refractivity contribution < 1.29 is 13.7 Å². The number of para-hydroxylation sites is 1. The Morgan fingerprint density at radius 2 is 2.08 bits per heavy atom. The van der Waals surface area contributed by atoms with Gasteiger partial charge in [0.05, 0.1) is 6.42 Å². The van der Waals surface area contributed by atoms with Gasteiger partial charge in [-0.1, -0.05) is 23.4 Å². The first-order valence-corrected chi connectivity index (χ1v) is 8.51. The maximum absolute atomic E-state index is 14.0. The van der Waals surface area contributed by atoms with E-state index in [0.29, 0.717) is 35.0 Å². The van der Waals surface area contributed by atoms with Crippen LogP contribution < -0.4 is 4.90 Å². The van der Waals surface area contributed by atoms with Crippen LogP contribution in [0.4, 0.5) is 10.1 Å². The number of nitrogens with zero attached hydrogens (tertiary/aromatic N) is 2. The highest BCUT2D eigenvalue weighted by Crippen LogP contribution is 2.32. The van der Waals surface area contributed by atoms with Gasteiger partial charge in [-0.15, -0.1) is 0 Å². The van der Waals surface area contributed by atoms with Crippen molar-refractivity contribution >= 4 is 22.6 Å². The number of aromatic nitrogens is 1. The Kier molecular flexibility index (Phi) is 3.99. The average Bonchev–Trinajstić information content (AvgIpc) is 3.35. The van der Waals surface area contributed by atoms with E-state index in [1.807, 2.05) is 24.3 Å². The summed E-state index contributed by atoms with van der Waals surface area (Å²) < 4.78 is 19.3. The van der Waals surface area contributed by atoms with Gasteiger partial charge < -0.3 is 9.42 Å². The second-order valence-electron chi connectivity index (χ2n) is 6.68. The molecule has 25 heavy (non-hydrogen) atoms. The zero-order valence-corrected chi connectivity index (χ0v) is 14.0. The summed E-state index contributed by atoms with van der Waals surface area (Å²) in [6.45, 7) is 2.34. The molecule has 1 saturated carbocycles. The topological polar surface area (TPSA) is 46.3 Å². The molecule has 1 heterocycles. The number of amides is 1. The highest BCUT2D eigenvalue weighted by atomic mass is 19.1. The molecule has 0 aliphatic heterocycles. The fraction of sp³-hybridized carbons (Fsp3) is 0.300. The Hall–Kier alpha value is -2.69. The lowest BCUT2D eigenvalue weighted by Gasteiger charge is -2.23. The van der Waals surface area contributed by atoms with Crippen molar-refractivity contribution in [3.8, 4) is 0 Å². The van der Waals surface area contributed by atoms with Gasteiger partial charge in [-0.3, -0.25) is 4.79 Å². The van der Waals surface area contributed by atoms with Crippen molar-refractivity contribution in [2.45, 2.75) is 26.2 Å². The number of hydrogen-bond acceptors (Lipinski definition) is 3. The number of hydrogen-bond donors (Lipinski definition) is 0. The van der Waals surface area contributed by atoms with E-state index in [2.05, 4.69) is 5.16 Å². The van der Waals surface area contributed by atoms with Gasteiger partial charge in [0.25, 0.3) is 0 Å². The van der Waals surface area contributed by atoms with Gasteiger partial charge in [0, 0.05) is 17.6 Å². The molecule has 1 aliphatic rings. The third kappa shape index (κ3) is 3.27. The minimum absolute atomic E-state index is 0.0887. The minimum atomic E-state index is -0.294. The van der Waals surface area contributed by atoms with Gasteiger partial charge in [-0.05, 0) is 55.5 Å². The molecule has 0 atom stereocenters. The first-order chi connectivity index (χ1) is 12.1. The number of anilines is 1. The van der Waals surface area contributed by atoms with Crippen molar-refractivity contribution in [2.24, 2.45) is 5.92 Å². The quantitative estimate of drug-likeness (QED) is 0.698. The first-order valence-electron chi connectivity index (χ1n) is 8.51. The van der Waals surface area contributed by atoms with E-state index in [9.17, 15) is 9.18 Å². The molecule has 4 nitrogen and oxygen atoms in total. The molecule has 0 N–H and O–H groups in total. The second kappa shape index (κ2) is 6.31. The highest BCUT2D eigenvalue weighted by Gasteiger charge is 2.28. The molecule has 2 aromatic carbocycles. The molecule has 1 aromatic heterocycles. The van der Waals surface area contributed by atoms with Gasteiger partial charge in [-0.2, -0.15) is 0 Å². The third-order valence-electron chi connectivity index (χ3n) is 4.68.